The average Bonchev–Trinajstić information content (AvgIpc) is 3.52. The van der Waals surface area contributed by atoms with Crippen molar-refractivity contribution < 1.29 is 9.53 Å². The number of rotatable bonds is 8. The van der Waals surface area contributed by atoms with Crippen LogP contribution in [0.4, 0.5) is 0 Å². The van der Waals surface area contributed by atoms with Crippen molar-refractivity contribution in [2.24, 2.45) is 0 Å². The van der Waals surface area contributed by atoms with E-state index in [0.717, 1.165) is 73.1 Å². The largest absolute Gasteiger partial charge is 0.497 e. The Balaban J connectivity index is 1.07. The number of hydrogen-bond donors (Lipinski definition) is 1. The Morgan fingerprint density at radius 3 is 2.68 bits per heavy atom. The van der Waals surface area contributed by atoms with E-state index in [2.05, 4.69) is 39.7 Å². The molecule has 4 aromatic rings. The number of para-hydroxylation sites is 1. The molecule has 1 N–H and O–H groups in total. The van der Waals surface area contributed by atoms with E-state index in [1.807, 2.05) is 35.2 Å². The molecule has 0 unspecified atom stereocenters. The van der Waals surface area contributed by atoms with Gasteiger partial charge >= 0.3 is 0 Å². The van der Waals surface area contributed by atoms with Gasteiger partial charge < -0.3 is 14.6 Å². The van der Waals surface area contributed by atoms with Gasteiger partial charge in [0.15, 0.2) is 0 Å². The van der Waals surface area contributed by atoms with Crippen LogP contribution in [-0.4, -0.2) is 59.0 Å². The number of benzene rings is 2. The number of nitrogens with one attached hydrogen (secondary N) is 1. The molecule has 3 heterocycles. The molecule has 1 aliphatic heterocycles. The molecular weight excluding hydrogens is 444 g/mol. The average molecular weight is 475 g/mol. The van der Waals surface area contributed by atoms with E-state index in [1.54, 1.807) is 18.4 Å². The smallest absolute Gasteiger partial charge is 0.222 e. The maximum atomic E-state index is 12.7. The van der Waals surface area contributed by atoms with Gasteiger partial charge in [-0.3, -0.25) is 9.69 Å². The molecule has 0 atom stereocenters. The zero-order chi connectivity index (χ0) is 23.3. The number of methoxy groups -OCH3 is 1. The van der Waals surface area contributed by atoms with Crippen LogP contribution in [0.5, 0.6) is 5.75 Å². The van der Waals surface area contributed by atoms with Gasteiger partial charge in [0.25, 0.3) is 0 Å². The number of aromatic nitrogens is 2. The lowest BCUT2D eigenvalue weighted by atomic mass is 10.1. The first kappa shape index (κ1) is 22.6. The molecule has 6 nitrogen and oxygen atoms in total. The second kappa shape index (κ2) is 10.4. The van der Waals surface area contributed by atoms with Crippen LogP contribution in [0.3, 0.4) is 0 Å². The molecule has 0 radical (unpaired) electrons. The second-order valence-corrected chi connectivity index (χ2v) is 9.60. The lowest BCUT2D eigenvalue weighted by Crippen LogP contribution is -2.48. The lowest BCUT2D eigenvalue weighted by molar-refractivity contribution is -0.133. The Kier molecular flexibility index (Phi) is 6.92. The maximum absolute atomic E-state index is 12.7. The number of hydrogen-bond acceptors (Lipinski definition) is 5. The van der Waals surface area contributed by atoms with Gasteiger partial charge in [-0.15, -0.1) is 11.3 Å². The number of ether oxygens (including phenoxy) is 1. The molecule has 1 aliphatic rings. The third-order valence-corrected chi connectivity index (χ3v) is 7.45. The quantitative estimate of drug-likeness (QED) is 0.392. The number of carbonyl (C=O) groups excluding carboxylic acids is 1. The molecule has 1 amide bonds. The van der Waals surface area contributed by atoms with Crippen molar-refractivity contribution in [3.05, 3.63) is 71.4 Å². The highest BCUT2D eigenvalue weighted by molar-refractivity contribution is 7.13. The maximum Gasteiger partial charge on any atom is 0.222 e. The van der Waals surface area contributed by atoms with Crippen LogP contribution in [0.15, 0.2) is 60.1 Å². The fourth-order valence-electron chi connectivity index (χ4n) is 4.56. The standard InChI is InChI=1S/C27H30N4O2S/c1-33-23-11-9-20(10-12-23)27-29-22(19-34-27)18-30-13-15-31(16-14-30)26(32)8-4-5-21-17-28-25-7-3-2-6-24(21)25/h2-3,6-7,9-12,17,19,28H,4-5,8,13-16,18H2,1H3. The first-order chi connectivity index (χ1) is 16.7. The van der Waals surface area contributed by atoms with Crippen molar-refractivity contribution in [1.29, 1.82) is 0 Å². The second-order valence-electron chi connectivity index (χ2n) is 8.74. The molecule has 5 rings (SSSR count). The highest BCUT2D eigenvalue weighted by Crippen LogP contribution is 2.26. The number of fused-ring (bicyclic) bond motifs is 1. The fourth-order valence-corrected chi connectivity index (χ4v) is 5.37. The van der Waals surface area contributed by atoms with Crippen LogP contribution in [0.25, 0.3) is 21.5 Å². The van der Waals surface area contributed by atoms with Crippen LogP contribution >= 0.6 is 11.3 Å². The zero-order valence-corrected chi connectivity index (χ0v) is 20.3. The van der Waals surface area contributed by atoms with Gasteiger partial charge in [0.05, 0.1) is 12.8 Å². The van der Waals surface area contributed by atoms with Crippen LogP contribution in [0.1, 0.15) is 24.1 Å². The number of aromatic amines is 1. The Hall–Kier alpha value is -3.16. The van der Waals surface area contributed by atoms with Gasteiger partial charge in [-0.1, -0.05) is 18.2 Å². The number of thiazole rings is 1. The summed E-state index contributed by atoms with van der Waals surface area (Å²) in [6, 6.07) is 16.4. The topological polar surface area (TPSA) is 61.5 Å². The van der Waals surface area contributed by atoms with Crippen molar-refractivity contribution in [2.45, 2.75) is 25.8 Å². The van der Waals surface area contributed by atoms with E-state index >= 15 is 0 Å². The Morgan fingerprint density at radius 1 is 1.09 bits per heavy atom. The van der Waals surface area contributed by atoms with Gasteiger partial charge in [-0.25, -0.2) is 4.98 Å². The van der Waals surface area contributed by atoms with E-state index in [0.29, 0.717) is 6.42 Å². The number of carbonyl (C=O) groups is 1. The first-order valence-corrected chi connectivity index (χ1v) is 12.7. The molecular formula is C27H30N4O2S. The first-order valence-electron chi connectivity index (χ1n) is 11.8. The number of amides is 1. The number of piperazine rings is 1. The Bertz CT molecular complexity index is 1240. The molecule has 7 heteroatoms. The van der Waals surface area contributed by atoms with E-state index < -0.39 is 0 Å². The van der Waals surface area contributed by atoms with Crippen molar-refractivity contribution in [3.63, 3.8) is 0 Å². The predicted octanol–water partition coefficient (Wildman–Crippen LogP) is 4.97. The zero-order valence-electron chi connectivity index (χ0n) is 19.5. The van der Waals surface area contributed by atoms with Crippen LogP contribution in [0, 0.1) is 0 Å². The van der Waals surface area contributed by atoms with Gasteiger partial charge in [-0.2, -0.15) is 0 Å². The Labute approximate surface area is 204 Å². The van der Waals surface area contributed by atoms with Crippen molar-refractivity contribution in [2.75, 3.05) is 33.3 Å². The van der Waals surface area contributed by atoms with Crippen LogP contribution in [0.2, 0.25) is 0 Å². The highest BCUT2D eigenvalue weighted by Gasteiger charge is 2.21. The number of nitrogens with zero attached hydrogens (tertiary/aromatic N) is 3. The van der Waals surface area contributed by atoms with E-state index in [1.165, 1.54) is 10.9 Å². The number of H-pyrrole nitrogens is 1. The number of aryl methyl sites for hydroxylation is 1. The van der Waals surface area contributed by atoms with E-state index in [9.17, 15) is 4.79 Å². The summed E-state index contributed by atoms with van der Waals surface area (Å²) in [5.41, 5.74) is 4.66. The van der Waals surface area contributed by atoms with Crippen molar-refractivity contribution >= 4 is 28.1 Å². The van der Waals surface area contributed by atoms with Gasteiger partial charge in [0, 0.05) is 67.2 Å². The molecule has 2 aromatic heterocycles. The normalized spacial score (nSPS) is 14.6. The third kappa shape index (κ3) is 5.16. The molecule has 0 spiro atoms. The summed E-state index contributed by atoms with van der Waals surface area (Å²) in [6.45, 7) is 4.20. The monoisotopic (exact) mass is 474 g/mol. The van der Waals surface area contributed by atoms with Crippen LogP contribution < -0.4 is 4.74 Å². The van der Waals surface area contributed by atoms with Crippen molar-refractivity contribution in [3.8, 4) is 16.3 Å². The summed E-state index contributed by atoms with van der Waals surface area (Å²) in [4.78, 5) is 25.3. The lowest BCUT2D eigenvalue weighted by Gasteiger charge is -2.34. The molecule has 1 fully saturated rings. The fraction of sp³-hybridized carbons (Fsp3) is 0.333. The van der Waals surface area contributed by atoms with Crippen molar-refractivity contribution in [1.82, 2.24) is 19.8 Å². The minimum absolute atomic E-state index is 0.273. The summed E-state index contributed by atoms with van der Waals surface area (Å²) >= 11 is 1.67. The minimum Gasteiger partial charge on any atom is -0.497 e. The molecule has 0 saturated carbocycles. The summed E-state index contributed by atoms with van der Waals surface area (Å²) < 4.78 is 5.24. The summed E-state index contributed by atoms with van der Waals surface area (Å²) in [6.07, 6.45) is 4.49. The van der Waals surface area contributed by atoms with Gasteiger partial charge in [0.2, 0.25) is 5.91 Å². The minimum atomic E-state index is 0.273. The molecule has 0 aliphatic carbocycles. The summed E-state index contributed by atoms with van der Waals surface area (Å²) in [5, 5.41) is 4.43. The Morgan fingerprint density at radius 2 is 1.88 bits per heavy atom. The summed E-state index contributed by atoms with van der Waals surface area (Å²) in [7, 11) is 1.68. The summed E-state index contributed by atoms with van der Waals surface area (Å²) in [5.74, 6) is 1.13. The van der Waals surface area contributed by atoms with Crippen LogP contribution in [-0.2, 0) is 17.8 Å². The third-order valence-electron chi connectivity index (χ3n) is 6.51. The van der Waals surface area contributed by atoms with Gasteiger partial charge in [-0.05, 0) is 48.7 Å². The molecule has 1 saturated heterocycles. The molecule has 176 valence electrons. The van der Waals surface area contributed by atoms with E-state index in [4.69, 9.17) is 9.72 Å². The molecule has 0 bridgehead atoms. The SMILES string of the molecule is COc1ccc(-c2nc(CN3CCN(C(=O)CCCc4c[nH]c5ccccc45)CC3)cs2)cc1. The van der Waals surface area contributed by atoms with Gasteiger partial charge in [0.1, 0.15) is 10.8 Å². The highest BCUT2D eigenvalue weighted by atomic mass is 32.1. The van der Waals surface area contributed by atoms with E-state index in [-0.39, 0.29) is 5.91 Å². The molecule has 2 aromatic carbocycles. The molecule has 34 heavy (non-hydrogen) atoms. The predicted molar refractivity (Wildman–Crippen MR) is 137 cm³/mol.